The Bertz CT molecular complexity index is 439. The average Bonchev–Trinajstić information content (AvgIpc) is 2.54. The number of piperazine rings is 1. The van der Waals surface area contributed by atoms with Gasteiger partial charge in [-0.3, -0.25) is 4.79 Å². The Labute approximate surface area is 127 Å². The molecule has 1 aliphatic rings. The third-order valence-corrected chi connectivity index (χ3v) is 3.83. The number of amides is 1. The van der Waals surface area contributed by atoms with E-state index in [0.717, 1.165) is 38.3 Å². The fraction of sp³-hybridized carbons (Fsp3) is 0.588. The van der Waals surface area contributed by atoms with Crippen LogP contribution in [0.5, 0.6) is 5.75 Å². The van der Waals surface area contributed by atoms with Gasteiger partial charge >= 0.3 is 0 Å². The largest absolute Gasteiger partial charge is 0.481 e. The van der Waals surface area contributed by atoms with E-state index in [1.54, 1.807) is 0 Å². The van der Waals surface area contributed by atoms with Gasteiger partial charge in [0, 0.05) is 26.2 Å². The highest BCUT2D eigenvalue weighted by atomic mass is 16.5. The molecule has 1 aromatic carbocycles. The number of rotatable bonds is 6. The molecule has 1 N–H and O–H groups in total. The maximum absolute atomic E-state index is 12.3. The van der Waals surface area contributed by atoms with Gasteiger partial charge in [0.25, 0.3) is 5.91 Å². The molecule has 0 aliphatic carbocycles. The summed E-state index contributed by atoms with van der Waals surface area (Å²) in [5.41, 5.74) is 1.32. The van der Waals surface area contributed by atoms with Crippen LogP contribution in [0.3, 0.4) is 0 Å². The van der Waals surface area contributed by atoms with Crippen LogP contribution < -0.4 is 10.1 Å². The van der Waals surface area contributed by atoms with Gasteiger partial charge in [-0.15, -0.1) is 0 Å². The maximum Gasteiger partial charge on any atom is 0.263 e. The van der Waals surface area contributed by atoms with E-state index in [4.69, 9.17) is 4.74 Å². The topological polar surface area (TPSA) is 41.6 Å². The molecule has 4 nitrogen and oxygen atoms in total. The third-order valence-electron chi connectivity index (χ3n) is 3.83. The van der Waals surface area contributed by atoms with Crippen LogP contribution >= 0.6 is 0 Å². The van der Waals surface area contributed by atoms with Gasteiger partial charge in [-0.1, -0.05) is 25.5 Å². The van der Waals surface area contributed by atoms with Crippen molar-refractivity contribution in [3.8, 4) is 5.75 Å². The molecule has 116 valence electrons. The summed E-state index contributed by atoms with van der Waals surface area (Å²) < 4.78 is 5.78. The second-order valence-corrected chi connectivity index (χ2v) is 5.58. The summed E-state index contributed by atoms with van der Waals surface area (Å²) in [6.45, 7) is 7.29. The van der Waals surface area contributed by atoms with Crippen molar-refractivity contribution in [1.82, 2.24) is 10.2 Å². The molecular formula is C17H26N2O2. The van der Waals surface area contributed by atoms with Crippen LogP contribution in [0.25, 0.3) is 0 Å². The van der Waals surface area contributed by atoms with Gasteiger partial charge in [-0.05, 0) is 37.5 Å². The first-order valence-corrected chi connectivity index (χ1v) is 7.96. The Balaban J connectivity index is 1.86. The highest BCUT2D eigenvalue weighted by Crippen LogP contribution is 2.16. The Kier molecular flexibility index (Phi) is 6.05. The zero-order valence-corrected chi connectivity index (χ0v) is 13.1. The van der Waals surface area contributed by atoms with Gasteiger partial charge in [0.15, 0.2) is 6.10 Å². The molecule has 4 heteroatoms. The molecule has 1 atom stereocenters. The number of carbonyl (C=O) groups is 1. The second-order valence-electron chi connectivity index (χ2n) is 5.58. The van der Waals surface area contributed by atoms with Gasteiger partial charge in [-0.25, -0.2) is 0 Å². The lowest BCUT2D eigenvalue weighted by molar-refractivity contribution is -0.138. The van der Waals surface area contributed by atoms with Gasteiger partial charge in [0.2, 0.25) is 0 Å². The maximum atomic E-state index is 12.3. The Morgan fingerprint density at radius 3 is 2.57 bits per heavy atom. The van der Waals surface area contributed by atoms with Crippen LogP contribution in [0.2, 0.25) is 0 Å². The molecule has 0 saturated carbocycles. The number of nitrogens with one attached hydrogen (secondary N) is 1. The zero-order valence-electron chi connectivity index (χ0n) is 13.1. The van der Waals surface area contributed by atoms with Crippen LogP contribution in [0.1, 0.15) is 32.3 Å². The van der Waals surface area contributed by atoms with Crippen molar-refractivity contribution in [3.63, 3.8) is 0 Å². The molecule has 1 aromatic rings. The monoisotopic (exact) mass is 290 g/mol. The number of unbranched alkanes of at least 4 members (excludes halogenated alkanes) is 1. The third kappa shape index (κ3) is 4.74. The van der Waals surface area contributed by atoms with E-state index in [1.165, 1.54) is 18.4 Å². The van der Waals surface area contributed by atoms with Crippen LogP contribution in [-0.4, -0.2) is 43.1 Å². The van der Waals surface area contributed by atoms with E-state index in [9.17, 15) is 4.79 Å². The molecule has 0 spiro atoms. The van der Waals surface area contributed by atoms with Gasteiger partial charge in [-0.2, -0.15) is 0 Å². The molecule has 1 aliphatic heterocycles. The van der Waals surface area contributed by atoms with Crippen LogP contribution in [0.15, 0.2) is 24.3 Å². The van der Waals surface area contributed by atoms with Crippen LogP contribution in [0, 0.1) is 0 Å². The van der Waals surface area contributed by atoms with Crippen molar-refractivity contribution < 1.29 is 9.53 Å². The van der Waals surface area contributed by atoms with Gasteiger partial charge in [0.1, 0.15) is 5.75 Å². The first kappa shape index (κ1) is 15.8. The first-order valence-electron chi connectivity index (χ1n) is 7.96. The fourth-order valence-corrected chi connectivity index (χ4v) is 2.51. The number of hydrogen-bond donors (Lipinski definition) is 1. The summed E-state index contributed by atoms with van der Waals surface area (Å²) in [5.74, 6) is 0.845. The Morgan fingerprint density at radius 1 is 1.29 bits per heavy atom. The quantitative estimate of drug-likeness (QED) is 0.873. The summed E-state index contributed by atoms with van der Waals surface area (Å²) in [6.07, 6.45) is 3.09. The van der Waals surface area contributed by atoms with Crippen molar-refractivity contribution >= 4 is 5.91 Å². The second kappa shape index (κ2) is 8.03. The lowest BCUT2D eigenvalue weighted by Gasteiger charge is -2.29. The summed E-state index contributed by atoms with van der Waals surface area (Å²) in [4.78, 5) is 14.2. The van der Waals surface area contributed by atoms with Crippen molar-refractivity contribution in [2.24, 2.45) is 0 Å². The van der Waals surface area contributed by atoms with E-state index in [0.29, 0.717) is 0 Å². The summed E-state index contributed by atoms with van der Waals surface area (Å²) in [6, 6.07) is 8.11. The SMILES string of the molecule is CCCCc1ccc(OC(C)C(=O)N2CCNCC2)cc1. The predicted octanol–water partition coefficient (Wildman–Crippen LogP) is 2.23. The average molecular weight is 290 g/mol. The minimum Gasteiger partial charge on any atom is -0.481 e. The number of nitrogens with zero attached hydrogens (tertiary/aromatic N) is 1. The number of aryl methyl sites for hydroxylation is 1. The normalized spacial score (nSPS) is 16.6. The molecule has 1 heterocycles. The Morgan fingerprint density at radius 2 is 1.95 bits per heavy atom. The number of ether oxygens (including phenoxy) is 1. The van der Waals surface area contributed by atoms with Crippen LogP contribution in [-0.2, 0) is 11.2 Å². The number of carbonyl (C=O) groups excluding carboxylic acids is 1. The van der Waals surface area contributed by atoms with E-state index in [-0.39, 0.29) is 5.91 Å². The molecule has 1 fully saturated rings. The standard InChI is InChI=1S/C17H26N2O2/c1-3-4-5-15-6-8-16(9-7-15)21-14(2)17(20)19-12-10-18-11-13-19/h6-9,14,18H,3-5,10-13H2,1-2H3. The fourth-order valence-electron chi connectivity index (χ4n) is 2.51. The molecule has 0 radical (unpaired) electrons. The molecule has 1 saturated heterocycles. The highest BCUT2D eigenvalue weighted by molar-refractivity contribution is 5.81. The van der Waals surface area contributed by atoms with E-state index in [2.05, 4.69) is 24.4 Å². The minimum atomic E-state index is -0.426. The zero-order chi connectivity index (χ0) is 15.1. The Hall–Kier alpha value is -1.55. The smallest absolute Gasteiger partial charge is 0.263 e. The molecular weight excluding hydrogens is 264 g/mol. The van der Waals surface area contributed by atoms with E-state index in [1.807, 2.05) is 24.0 Å². The lowest BCUT2D eigenvalue weighted by atomic mass is 10.1. The highest BCUT2D eigenvalue weighted by Gasteiger charge is 2.23. The van der Waals surface area contributed by atoms with Crippen molar-refractivity contribution in [3.05, 3.63) is 29.8 Å². The molecule has 21 heavy (non-hydrogen) atoms. The lowest BCUT2D eigenvalue weighted by Crippen LogP contribution is -2.50. The number of hydrogen-bond acceptors (Lipinski definition) is 3. The van der Waals surface area contributed by atoms with E-state index < -0.39 is 6.10 Å². The molecule has 1 unspecified atom stereocenters. The number of benzene rings is 1. The molecule has 0 aromatic heterocycles. The van der Waals surface area contributed by atoms with Crippen molar-refractivity contribution in [2.75, 3.05) is 26.2 Å². The minimum absolute atomic E-state index is 0.0755. The summed E-state index contributed by atoms with van der Waals surface area (Å²) >= 11 is 0. The van der Waals surface area contributed by atoms with Crippen molar-refractivity contribution in [1.29, 1.82) is 0 Å². The predicted molar refractivity (Wildman–Crippen MR) is 84.6 cm³/mol. The van der Waals surface area contributed by atoms with E-state index >= 15 is 0 Å². The molecule has 0 bridgehead atoms. The summed E-state index contributed by atoms with van der Waals surface area (Å²) in [5, 5.41) is 3.25. The van der Waals surface area contributed by atoms with Gasteiger partial charge in [0.05, 0.1) is 0 Å². The first-order chi connectivity index (χ1) is 10.2. The molecule has 1 amide bonds. The van der Waals surface area contributed by atoms with Crippen LogP contribution in [0.4, 0.5) is 0 Å². The van der Waals surface area contributed by atoms with Gasteiger partial charge < -0.3 is 15.0 Å². The van der Waals surface area contributed by atoms with Crippen molar-refractivity contribution in [2.45, 2.75) is 39.2 Å². The molecule has 2 rings (SSSR count). The summed E-state index contributed by atoms with van der Waals surface area (Å²) in [7, 11) is 0.